The number of ether oxygens (including phenoxy) is 3. The van der Waals surface area contributed by atoms with E-state index in [2.05, 4.69) is 21.2 Å². The fourth-order valence-electron chi connectivity index (χ4n) is 2.74. The minimum absolute atomic E-state index is 0.236. The van der Waals surface area contributed by atoms with E-state index in [1.165, 1.54) is 6.08 Å². The van der Waals surface area contributed by atoms with Crippen molar-refractivity contribution in [3.05, 3.63) is 88.4 Å². The van der Waals surface area contributed by atoms with E-state index in [0.29, 0.717) is 23.8 Å². The molecule has 3 aromatic rings. The van der Waals surface area contributed by atoms with Crippen LogP contribution in [0.5, 0.6) is 17.2 Å². The molecule has 0 bridgehead atoms. The summed E-state index contributed by atoms with van der Waals surface area (Å²) < 4.78 is 17.3. The van der Waals surface area contributed by atoms with Crippen LogP contribution in [0.3, 0.4) is 0 Å². The Kier molecular flexibility index (Phi) is 7.51. The number of halogens is 1. The number of methoxy groups -OCH3 is 2. The largest absolute Gasteiger partial charge is 0.497 e. The fourth-order valence-corrected chi connectivity index (χ4v) is 3.31. The minimum atomic E-state index is -0.236. The lowest BCUT2D eigenvalue weighted by Crippen LogP contribution is -2.07. The lowest BCUT2D eigenvalue weighted by atomic mass is 10.2. The Balaban J connectivity index is 1.68. The number of hydrogen-bond acceptors (Lipinski definition) is 4. The van der Waals surface area contributed by atoms with Crippen molar-refractivity contribution >= 4 is 33.6 Å². The van der Waals surface area contributed by atoms with Crippen LogP contribution in [0, 0.1) is 0 Å². The first-order valence-electron chi connectivity index (χ1n) is 9.26. The van der Waals surface area contributed by atoms with Crippen molar-refractivity contribution in [2.45, 2.75) is 6.61 Å². The molecule has 3 rings (SSSR count). The first-order chi connectivity index (χ1) is 14.6. The number of nitrogens with one attached hydrogen (secondary N) is 1. The molecule has 0 aliphatic rings. The molecule has 0 saturated carbocycles. The summed E-state index contributed by atoms with van der Waals surface area (Å²) >= 11 is 3.54. The molecule has 0 atom stereocenters. The summed E-state index contributed by atoms with van der Waals surface area (Å²) in [4.78, 5) is 12.2. The molecule has 0 aliphatic carbocycles. The summed E-state index contributed by atoms with van der Waals surface area (Å²) in [5.74, 6) is 1.69. The van der Waals surface area contributed by atoms with E-state index < -0.39 is 0 Å². The van der Waals surface area contributed by atoms with Crippen LogP contribution in [0.4, 0.5) is 5.69 Å². The van der Waals surface area contributed by atoms with E-state index in [0.717, 1.165) is 21.3 Å². The Morgan fingerprint density at radius 3 is 2.40 bits per heavy atom. The van der Waals surface area contributed by atoms with Crippen LogP contribution in [0.1, 0.15) is 11.1 Å². The molecule has 1 amide bonds. The Bertz CT molecular complexity index is 1020. The van der Waals surface area contributed by atoms with Gasteiger partial charge in [0.25, 0.3) is 0 Å². The Labute approximate surface area is 184 Å². The second kappa shape index (κ2) is 10.5. The van der Waals surface area contributed by atoms with Gasteiger partial charge in [-0.05, 0) is 69.5 Å². The quantitative estimate of drug-likeness (QED) is 0.431. The third kappa shape index (κ3) is 5.87. The number of benzene rings is 3. The van der Waals surface area contributed by atoms with Gasteiger partial charge < -0.3 is 19.5 Å². The van der Waals surface area contributed by atoms with Gasteiger partial charge in [-0.3, -0.25) is 4.79 Å². The Hall–Kier alpha value is -3.25. The minimum Gasteiger partial charge on any atom is -0.497 e. The predicted molar refractivity (Wildman–Crippen MR) is 122 cm³/mol. The highest BCUT2D eigenvalue weighted by molar-refractivity contribution is 9.10. The molecule has 30 heavy (non-hydrogen) atoms. The van der Waals surface area contributed by atoms with Crippen LogP contribution >= 0.6 is 15.9 Å². The van der Waals surface area contributed by atoms with Crippen molar-refractivity contribution in [3.8, 4) is 17.2 Å². The molecule has 0 unspecified atom stereocenters. The van der Waals surface area contributed by atoms with E-state index in [1.54, 1.807) is 44.6 Å². The summed E-state index contributed by atoms with van der Waals surface area (Å²) in [7, 11) is 3.18. The molecule has 0 radical (unpaired) electrons. The maximum Gasteiger partial charge on any atom is 0.248 e. The van der Waals surface area contributed by atoms with Crippen molar-refractivity contribution in [3.63, 3.8) is 0 Å². The van der Waals surface area contributed by atoms with Gasteiger partial charge in [0.2, 0.25) is 5.91 Å². The van der Waals surface area contributed by atoms with E-state index in [4.69, 9.17) is 14.2 Å². The van der Waals surface area contributed by atoms with Crippen LogP contribution in [-0.4, -0.2) is 20.1 Å². The van der Waals surface area contributed by atoms with E-state index in [9.17, 15) is 4.79 Å². The molecule has 154 valence electrons. The third-order valence-corrected chi connectivity index (χ3v) is 4.85. The van der Waals surface area contributed by atoms with Gasteiger partial charge >= 0.3 is 0 Å². The van der Waals surface area contributed by atoms with Crippen LogP contribution in [0.15, 0.2) is 77.3 Å². The van der Waals surface area contributed by atoms with Gasteiger partial charge in [-0.1, -0.05) is 30.3 Å². The second-order valence-electron chi connectivity index (χ2n) is 6.36. The number of amides is 1. The highest BCUT2D eigenvalue weighted by Crippen LogP contribution is 2.37. The van der Waals surface area contributed by atoms with Gasteiger partial charge in [-0.15, -0.1) is 0 Å². The van der Waals surface area contributed by atoms with Crippen molar-refractivity contribution in [2.24, 2.45) is 0 Å². The van der Waals surface area contributed by atoms with Crippen molar-refractivity contribution in [1.29, 1.82) is 0 Å². The number of rotatable bonds is 8. The molecule has 0 saturated heterocycles. The standard InChI is InChI=1S/C24H22BrNO4/c1-28-20-11-9-19(10-12-20)26-23(27)13-8-18-14-21(25)24(22(15-18)29-2)30-16-17-6-4-3-5-7-17/h3-15H,16H2,1-2H3,(H,26,27). The van der Waals surface area contributed by atoms with Gasteiger partial charge in [0, 0.05) is 11.8 Å². The zero-order valence-corrected chi connectivity index (χ0v) is 18.3. The number of carbonyl (C=O) groups excluding carboxylic acids is 1. The third-order valence-electron chi connectivity index (χ3n) is 4.26. The van der Waals surface area contributed by atoms with Crippen molar-refractivity contribution < 1.29 is 19.0 Å². The normalized spacial score (nSPS) is 10.6. The molecule has 6 heteroatoms. The SMILES string of the molecule is COc1ccc(NC(=O)C=Cc2cc(Br)c(OCc3ccccc3)c(OC)c2)cc1. The maximum absolute atomic E-state index is 12.2. The summed E-state index contributed by atoms with van der Waals surface area (Å²) in [6.07, 6.45) is 3.18. The molecule has 0 spiro atoms. The monoisotopic (exact) mass is 467 g/mol. The van der Waals surface area contributed by atoms with E-state index in [-0.39, 0.29) is 5.91 Å². The highest BCUT2D eigenvalue weighted by Gasteiger charge is 2.11. The molecule has 0 heterocycles. The molecular formula is C24H22BrNO4. The molecule has 0 fully saturated rings. The topological polar surface area (TPSA) is 56.8 Å². The number of anilines is 1. The van der Waals surface area contributed by atoms with Gasteiger partial charge in [-0.25, -0.2) is 0 Å². The van der Waals surface area contributed by atoms with Crippen LogP contribution in [0.25, 0.3) is 6.08 Å². The maximum atomic E-state index is 12.2. The molecule has 5 nitrogen and oxygen atoms in total. The zero-order chi connectivity index (χ0) is 21.3. The average molecular weight is 468 g/mol. The smallest absolute Gasteiger partial charge is 0.248 e. The summed E-state index contributed by atoms with van der Waals surface area (Å²) in [6.45, 7) is 0.426. The Morgan fingerprint density at radius 2 is 1.73 bits per heavy atom. The summed E-state index contributed by atoms with van der Waals surface area (Å²) in [5, 5.41) is 2.81. The van der Waals surface area contributed by atoms with Crippen LogP contribution < -0.4 is 19.5 Å². The molecular weight excluding hydrogens is 446 g/mol. The number of hydrogen-bond donors (Lipinski definition) is 1. The predicted octanol–water partition coefficient (Wildman–Crippen LogP) is 5.70. The molecule has 3 aromatic carbocycles. The molecule has 1 N–H and O–H groups in total. The van der Waals surface area contributed by atoms with Crippen LogP contribution in [-0.2, 0) is 11.4 Å². The fraction of sp³-hybridized carbons (Fsp3) is 0.125. The molecule has 0 aliphatic heterocycles. The highest BCUT2D eigenvalue weighted by atomic mass is 79.9. The zero-order valence-electron chi connectivity index (χ0n) is 16.7. The van der Waals surface area contributed by atoms with Crippen LogP contribution in [0.2, 0.25) is 0 Å². The van der Waals surface area contributed by atoms with Crippen molar-refractivity contribution in [2.75, 3.05) is 19.5 Å². The van der Waals surface area contributed by atoms with Gasteiger partial charge in [0.1, 0.15) is 12.4 Å². The lowest BCUT2D eigenvalue weighted by Gasteiger charge is -2.13. The lowest BCUT2D eigenvalue weighted by molar-refractivity contribution is -0.111. The average Bonchev–Trinajstić information content (AvgIpc) is 2.77. The van der Waals surface area contributed by atoms with Gasteiger partial charge in [0.15, 0.2) is 11.5 Å². The van der Waals surface area contributed by atoms with Gasteiger partial charge in [-0.2, -0.15) is 0 Å². The first kappa shape index (κ1) is 21.5. The van der Waals surface area contributed by atoms with Crippen molar-refractivity contribution in [1.82, 2.24) is 0 Å². The van der Waals surface area contributed by atoms with Gasteiger partial charge in [0.05, 0.1) is 18.7 Å². The van der Waals surface area contributed by atoms with E-state index in [1.807, 2.05) is 42.5 Å². The molecule has 0 aromatic heterocycles. The number of carbonyl (C=O) groups is 1. The second-order valence-corrected chi connectivity index (χ2v) is 7.21. The van der Waals surface area contributed by atoms with E-state index >= 15 is 0 Å². The first-order valence-corrected chi connectivity index (χ1v) is 10.1. The summed E-state index contributed by atoms with van der Waals surface area (Å²) in [5.41, 5.74) is 2.55. The summed E-state index contributed by atoms with van der Waals surface area (Å²) in [6, 6.07) is 20.7. The Morgan fingerprint density at radius 1 is 1.00 bits per heavy atom.